The summed E-state index contributed by atoms with van der Waals surface area (Å²) in [6, 6.07) is 9.46. The Morgan fingerprint density at radius 1 is 1.10 bits per heavy atom. The maximum atomic E-state index is 12.6. The number of carbonyl (C=O) groups excluding carboxylic acids is 1. The van der Waals surface area contributed by atoms with Crippen molar-refractivity contribution in [3.63, 3.8) is 0 Å². The summed E-state index contributed by atoms with van der Waals surface area (Å²) in [6.07, 6.45) is 3.89. The first-order valence-electron chi connectivity index (χ1n) is 10.2. The highest BCUT2D eigenvalue weighted by Crippen LogP contribution is 2.15. The zero-order valence-electron chi connectivity index (χ0n) is 17.6. The summed E-state index contributed by atoms with van der Waals surface area (Å²) < 4.78 is 0. The fourth-order valence-corrected chi connectivity index (χ4v) is 3.38. The van der Waals surface area contributed by atoms with Crippen molar-refractivity contribution in [3.8, 4) is 0 Å². The Bertz CT molecular complexity index is 845. The van der Waals surface area contributed by atoms with Gasteiger partial charge >= 0.3 is 0 Å². The number of aliphatic imine (C=N–C) groups is 1. The van der Waals surface area contributed by atoms with Crippen LogP contribution in [0.3, 0.4) is 0 Å². The number of guanidine groups is 1. The summed E-state index contributed by atoms with van der Waals surface area (Å²) >= 11 is 6.19. The molecule has 168 valence electrons. The van der Waals surface area contributed by atoms with E-state index in [-0.39, 0.29) is 29.9 Å². The summed E-state index contributed by atoms with van der Waals surface area (Å²) in [6.45, 7) is 6.59. The Morgan fingerprint density at radius 2 is 1.81 bits per heavy atom. The van der Waals surface area contributed by atoms with Crippen LogP contribution in [0.1, 0.15) is 18.9 Å². The highest BCUT2D eigenvalue weighted by Gasteiger charge is 2.22. The van der Waals surface area contributed by atoms with Gasteiger partial charge in [0.15, 0.2) is 5.96 Å². The molecule has 10 heteroatoms. The summed E-state index contributed by atoms with van der Waals surface area (Å²) in [5.74, 6) is 1.53. The molecule has 31 heavy (non-hydrogen) atoms. The van der Waals surface area contributed by atoms with Gasteiger partial charge in [0, 0.05) is 63.1 Å². The van der Waals surface area contributed by atoms with Crippen LogP contribution in [0.4, 0.5) is 5.95 Å². The van der Waals surface area contributed by atoms with E-state index < -0.39 is 0 Å². The number of hydrogen-bond acceptors (Lipinski definition) is 5. The molecular formula is C21H29ClIN7O. The van der Waals surface area contributed by atoms with Gasteiger partial charge in [-0.15, -0.1) is 24.0 Å². The average Bonchev–Trinajstić information content (AvgIpc) is 2.79. The Kier molecular flexibility index (Phi) is 10.8. The number of nitrogens with one attached hydrogen (secondary N) is 2. The van der Waals surface area contributed by atoms with E-state index in [9.17, 15) is 4.79 Å². The number of piperazine rings is 1. The molecule has 0 radical (unpaired) electrons. The molecule has 0 unspecified atom stereocenters. The minimum absolute atomic E-state index is 0. The van der Waals surface area contributed by atoms with Gasteiger partial charge in [0.1, 0.15) is 0 Å². The summed E-state index contributed by atoms with van der Waals surface area (Å²) in [7, 11) is 0. The molecule has 1 aliphatic heterocycles. The maximum Gasteiger partial charge on any atom is 0.225 e. The molecule has 0 aliphatic carbocycles. The zero-order valence-corrected chi connectivity index (χ0v) is 20.7. The zero-order chi connectivity index (χ0) is 21.2. The van der Waals surface area contributed by atoms with Crippen molar-refractivity contribution in [1.82, 2.24) is 25.5 Å². The van der Waals surface area contributed by atoms with E-state index >= 15 is 0 Å². The SMILES string of the molecule is CCNC(=NCc1ccccc1Cl)NCCC(=O)N1CCN(c2ncccn2)CC1.I. The number of amides is 1. The molecule has 1 saturated heterocycles. The molecule has 3 rings (SSSR count). The minimum atomic E-state index is 0. The topological polar surface area (TPSA) is 85.8 Å². The van der Waals surface area contributed by atoms with E-state index in [0.29, 0.717) is 43.6 Å². The van der Waals surface area contributed by atoms with E-state index in [1.807, 2.05) is 36.1 Å². The molecule has 2 heterocycles. The van der Waals surface area contributed by atoms with Crippen LogP contribution in [0.2, 0.25) is 5.02 Å². The Morgan fingerprint density at radius 3 is 2.48 bits per heavy atom. The van der Waals surface area contributed by atoms with Gasteiger partial charge in [0.25, 0.3) is 0 Å². The lowest BCUT2D eigenvalue weighted by atomic mass is 10.2. The van der Waals surface area contributed by atoms with Crippen LogP contribution in [-0.4, -0.2) is 66.0 Å². The van der Waals surface area contributed by atoms with Crippen LogP contribution in [-0.2, 0) is 11.3 Å². The van der Waals surface area contributed by atoms with Gasteiger partial charge in [-0.3, -0.25) is 4.79 Å². The summed E-state index contributed by atoms with van der Waals surface area (Å²) in [5, 5.41) is 7.13. The molecule has 1 aromatic carbocycles. The molecule has 0 saturated carbocycles. The highest BCUT2D eigenvalue weighted by molar-refractivity contribution is 14.0. The predicted octanol–water partition coefficient (Wildman–Crippen LogP) is 2.54. The van der Waals surface area contributed by atoms with Gasteiger partial charge in [-0.25, -0.2) is 15.0 Å². The second kappa shape index (κ2) is 13.3. The lowest BCUT2D eigenvalue weighted by Crippen LogP contribution is -2.50. The highest BCUT2D eigenvalue weighted by atomic mass is 127. The van der Waals surface area contributed by atoms with Crippen molar-refractivity contribution >= 4 is 53.4 Å². The third-order valence-corrected chi connectivity index (χ3v) is 5.18. The molecule has 1 fully saturated rings. The first-order valence-corrected chi connectivity index (χ1v) is 10.6. The van der Waals surface area contributed by atoms with Gasteiger partial charge < -0.3 is 20.4 Å². The van der Waals surface area contributed by atoms with E-state index in [1.165, 1.54) is 0 Å². The summed E-state index contributed by atoms with van der Waals surface area (Å²) in [5.41, 5.74) is 0.965. The number of nitrogens with zero attached hydrogens (tertiary/aromatic N) is 5. The monoisotopic (exact) mass is 557 g/mol. The number of anilines is 1. The number of benzene rings is 1. The largest absolute Gasteiger partial charge is 0.357 e. The molecule has 0 bridgehead atoms. The molecule has 0 spiro atoms. The second-order valence-electron chi connectivity index (χ2n) is 6.88. The number of carbonyl (C=O) groups is 1. The van der Waals surface area contributed by atoms with Crippen molar-refractivity contribution in [2.45, 2.75) is 19.9 Å². The number of hydrogen-bond donors (Lipinski definition) is 2. The van der Waals surface area contributed by atoms with Crippen molar-refractivity contribution in [3.05, 3.63) is 53.3 Å². The number of aromatic nitrogens is 2. The van der Waals surface area contributed by atoms with Crippen LogP contribution >= 0.6 is 35.6 Å². The van der Waals surface area contributed by atoms with Gasteiger partial charge in [-0.1, -0.05) is 29.8 Å². The molecule has 8 nitrogen and oxygen atoms in total. The van der Waals surface area contributed by atoms with Crippen molar-refractivity contribution in [1.29, 1.82) is 0 Å². The van der Waals surface area contributed by atoms with Gasteiger partial charge in [0.05, 0.1) is 6.54 Å². The Labute approximate surface area is 205 Å². The smallest absolute Gasteiger partial charge is 0.225 e. The first-order chi connectivity index (χ1) is 14.7. The third kappa shape index (κ3) is 7.80. The van der Waals surface area contributed by atoms with Crippen LogP contribution in [0.5, 0.6) is 0 Å². The van der Waals surface area contributed by atoms with Crippen molar-refractivity contribution in [2.24, 2.45) is 4.99 Å². The van der Waals surface area contributed by atoms with Crippen molar-refractivity contribution in [2.75, 3.05) is 44.2 Å². The fourth-order valence-electron chi connectivity index (χ4n) is 3.19. The lowest BCUT2D eigenvalue weighted by molar-refractivity contribution is -0.131. The lowest BCUT2D eigenvalue weighted by Gasteiger charge is -2.34. The van der Waals surface area contributed by atoms with E-state index in [2.05, 4.69) is 30.5 Å². The average molecular weight is 558 g/mol. The maximum absolute atomic E-state index is 12.6. The Hall–Kier alpha value is -2.14. The third-order valence-electron chi connectivity index (χ3n) is 4.81. The molecule has 2 N–H and O–H groups in total. The van der Waals surface area contributed by atoms with Crippen LogP contribution < -0.4 is 15.5 Å². The Balaban J connectivity index is 0.00000341. The van der Waals surface area contributed by atoms with E-state index in [4.69, 9.17) is 11.6 Å². The molecular weight excluding hydrogens is 529 g/mol. The van der Waals surface area contributed by atoms with Crippen molar-refractivity contribution < 1.29 is 4.79 Å². The molecule has 1 amide bonds. The predicted molar refractivity (Wildman–Crippen MR) is 135 cm³/mol. The molecule has 2 aromatic rings. The summed E-state index contributed by atoms with van der Waals surface area (Å²) in [4.78, 5) is 29.7. The van der Waals surface area contributed by atoms with Crippen LogP contribution in [0.15, 0.2) is 47.7 Å². The minimum Gasteiger partial charge on any atom is -0.357 e. The quantitative estimate of drug-likeness (QED) is 0.309. The fraction of sp³-hybridized carbons (Fsp3) is 0.429. The number of rotatable bonds is 7. The van der Waals surface area contributed by atoms with Crippen LogP contribution in [0.25, 0.3) is 0 Å². The van der Waals surface area contributed by atoms with E-state index in [1.54, 1.807) is 18.5 Å². The van der Waals surface area contributed by atoms with Gasteiger partial charge in [-0.05, 0) is 24.6 Å². The number of halogens is 2. The van der Waals surface area contributed by atoms with Gasteiger partial charge in [0.2, 0.25) is 11.9 Å². The molecule has 0 atom stereocenters. The van der Waals surface area contributed by atoms with Gasteiger partial charge in [-0.2, -0.15) is 0 Å². The molecule has 1 aliphatic rings. The molecule has 1 aromatic heterocycles. The standard InChI is InChI=1S/C21H28ClN7O.HI/c1-2-23-20(27-16-17-6-3-4-7-18(17)22)24-11-8-19(30)28-12-14-29(15-13-28)21-25-9-5-10-26-21;/h3-7,9-10H,2,8,11-16H2,1H3,(H2,23,24,27);1H. The second-order valence-corrected chi connectivity index (χ2v) is 7.29. The van der Waals surface area contributed by atoms with E-state index in [0.717, 1.165) is 31.1 Å². The van der Waals surface area contributed by atoms with Crippen LogP contribution in [0, 0.1) is 0 Å². The first kappa shape index (κ1) is 25.1. The normalized spacial score (nSPS) is 14.1.